The zero-order chi connectivity index (χ0) is 23.1. The molecule has 1 N–H and O–H groups in total. The third-order valence-electron chi connectivity index (χ3n) is 5.10. The molecule has 0 amide bonds. The fourth-order valence-corrected chi connectivity index (χ4v) is 4.90. The Morgan fingerprint density at radius 2 is 1.30 bits per heavy atom. The zero-order valence-electron chi connectivity index (χ0n) is 18.4. The van der Waals surface area contributed by atoms with E-state index in [1.165, 1.54) is 4.31 Å². The van der Waals surface area contributed by atoms with Gasteiger partial charge in [-0.25, -0.2) is 8.42 Å². The first-order valence-electron chi connectivity index (χ1n) is 10.8. The number of rotatable bonds is 9. The number of sulfonamides is 1. The van der Waals surface area contributed by atoms with Gasteiger partial charge in [-0.05, 0) is 73.2 Å². The minimum atomic E-state index is -3.79. The van der Waals surface area contributed by atoms with E-state index < -0.39 is 10.0 Å². The van der Waals surface area contributed by atoms with E-state index >= 15 is 0 Å². The molecule has 4 rings (SSSR count). The van der Waals surface area contributed by atoms with E-state index in [4.69, 9.17) is 4.74 Å². The van der Waals surface area contributed by atoms with Crippen molar-refractivity contribution in [3.63, 3.8) is 0 Å². The highest BCUT2D eigenvalue weighted by Crippen LogP contribution is 2.30. The minimum absolute atomic E-state index is 0.219. The minimum Gasteiger partial charge on any atom is -0.457 e. The molecule has 0 aliphatic carbocycles. The highest BCUT2D eigenvalue weighted by atomic mass is 32.2. The molecule has 0 saturated heterocycles. The summed E-state index contributed by atoms with van der Waals surface area (Å²) in [6.45, 7) is 2.98. The summed E-state index contributed by atoms with van der Waals surface area (Å²) in [5.41, 5.74) is 2.35. The molecule has 4 aromatic carbocycles. The van der Waals surface area contributed by atoms with Crippen LogP contribution in [0.4, 0.5) is 11.4 Å². The van der Waals surface area contributed by atoms with Crippen LogP contribution in [-0.2, 0) is 16.6 Å². The lowest BCUT2D eigenvalue weighted by molar-refractivity contribution is 0.482. The Hall–Kier alpha value is -3.77. The molecule has 0 atom stereocenters. The second-order valence-electron chi connectivity index (χ2n) is 7.46. The van der Waals surface area contributed by atoms with E-state index in [0.717, 1.165) is 23.5 Å². The lowest BCUT2D eigenvalue weighted by Crippen LogP contribution is -2.30. The van der Waals surface area contributed by atoms with Gasteiger partial charge in [-0.15, -0.1) is 0 Å². The number of ether oxygens (including phenoxy) is 1. The van der Waals surface area contributed by atoms with Crippen molar-refractivity contribution in [1.29, 1.82) is 0 Å². The standard InChI is InChI=1S/C27H26N2O3S/c1-2-28-23-13-19-27(20-14-23)33(30,31)29(21-22-9-5-3-6-10-22)24-15-17-26(18-16-24)32-25-11-7-4-8-12-25/h3-20,28H,2,21H2,1H3. The molecular weight excluding hydrogens is 432 g/mol. The summed E-state index contributed by atoms with van der Waals surface area (Å²) in [7, 11) is -3.79. The lowest BCUT2D eigenvalue weighted by atomic mass is 10.2. The molecule has 0 radical (unpaired) electrons. The van der Waals surface area contributed by atoms with Crippen molar-refractivity contribution in [3.8, 4) is 11.5 Å². The van der Waals surface area contributed by atoms with Gasteiger partial charge in [0.15, 0.2) is 0 Å². The fraction of sp³-hybridized carbons (Fsp3) is 0.111. The van der Waals surface area contributed by atoms with Crippen molar-refractivity contribution >= 4 is 21.4 Å². The third-order valence-corrected chi connectivity index (χ3v) is 6.88. The monoisotopic (exact) mass is 458 g/mol. The molecule has 0 saturated carbocycles. The molecule has 6 heteroatoms. The number of anilines is 2. The van der Waals surface area contributed by atoms with Crippen LogP contribution >= 0.6 is 0 Å². The number of nitrogens with one attached hydrogen (secondary N) is 1. The normalized spacial score (nSPS) is 11.1. The first kappa shape index (κ1) is 22.4. The molecular formula is C27H26N2O3S. The van der Waals surface area contributed by atoms with Crippen molar-refractivity contribution < 1.29 is 13.2 Å². The van der Waals surface area contributed by atoms with Crippen LogP contribution in [0.25, 0.3) is 0 Å². The Labute approximate surface area is 195 Å². The van der Waals surface area contributed by atoms with Crippen molar-refractivity contribution in [1.82, 2.24) is 0 Å². The number of hydrogen-bond donors (Lipinski definition) is 1. The molecule has 0 fully saturated rings. The highest BCUT2D eigenvalue weighted by molar-refractivity contribution is 7.92. The predicted molar refractivity (Wildman–Crippen MR) is 133 cm³/mol. The van der Waals surface area contributed by atoms with E-state index in [0.29, 0.717) is 11.4 Å². The van der Waals surface area contributed by atoms with Gasteiger partial charge in [0, 0.05) is 12.2 Å². The molecule has 0 aliphatic heterocycles. The van der Waals surface area contributed by atoms with E-state index in [9.17, 15) is 8.42 Å². The molecule has 0 aromatic heterocycles. The van der Waals surface area contributed by atoms with E-state index in [1.807, 2.05) is 67.6 Å². The molecule has 0 heterocycles. The average Bonchev–Trinajstić information content (AvgIpc) is 2.85. The predicted octanol–water partition coefficient (Wildman–Crippen LogP) is 6.31. The summed E-state index contributed by atoms with van der Waals surface area (Å²) in [6, 6.07) is 33.0. The average molecular weight is 459 g/mol. The number of nitrogens with zero attached hydrogens (tertiary/aromatic N) is 1. The first-order chi connectivity index (χ1) is 16.1. The van der Waals surface area contributed by atoms with Gasteiger partial charge in [0.1, 0.15) is 11.5 Å². The Balaban J connectivity index is 1.65. The summed E-state index contributed by atoms with van der Waals surface area (Å²) in [6.07, 6.45) is 0. The summed E-state index contributed by atoms with van der Waals surface area (Å²) in [5.74, 6) is 1.36. The van der Waals surface area contributed by atoms with Gasteiger partial charge in [-0.2, -0.15) is 0 Å². The quantitative estimate of drug-likeness (QED) is 0.319. The van der Waals surface area contributed by atoms with Crippen LogP contribution in [0.1, 0.15) is 12.5 Å². The molecule has 0 aliphatic rings. The van der Waals surface area contributed by atoms with Crippen molar-refractivity contribution in [2.24, 2.45) is 0 Å². The third kappa shape index (κ3) is 5.54. The van der Waals surface area contributed by atoms with Crippen LogP contribution in [0.2, 0.25) is 0 Å². The zero-order valence-corrected chi connectivity index (χ0v) is 19.2. The Morgan fingerprint density at radius 3 is 1.91 bits per heavy atom. The first-order valence-corrected chi connectivity index (χ1v) is 12.2. The van der Waals surface area contributed by atoms with Gasteiger partial charge in [0.05, 0.1) is 17.1 Å². The number of benzene rings is 4. The molecule has 0 spiro atoms. The lowest BCUT2D eigenvalue weighted by Gasteiger charge is -2.25. The molecule has 33 heavy (non-hydrogen) atoms. The smallest absolute Gasteiger partial charge is 0.264 e. The Kier molecular flexibility index (Phi) is 6.95. The van der Waals surface area contributed by atoms with Crippen LogP contribution in [0.5, 0.6) is 11.5 Å². The summed E-state index contributed by atoms with van der Waals surface area (Å²) >= 11 is 0. The SMILES string of the molecule is CCNc1ccc(S(=O)(=O)N(Cc2ccccc2)c2ccc(Oc3ccccc3)cc2)cc1. The van der Waals surface area contributed by atoms with E-state index in [-0.39, 0.29) is 11.4 Å². The maximum atomic E-state index is 13.7. The maximum Gasteiger partial charge on any atom is 0.264 e. The second kappa shape index (κ2) is 10.2. The van der Waals surface area contributed by atoms with Gasteiger partial charge < -0.3 is 10.1 Å². The van der Waals surface area contributed by atoms with Gasteiger partial charge >= 0.3 is 0 Å². The topological polar surface area (TPSA) is 58.6 Å². The van der Waals surface area contributed by atoms with Crippen LogP contribution in [0.15, 0.2) is 114 Å². The van der Waals surface area contributed by atoms with Crippen LogP contribution in [0.3, 0.4) is 0 Å². The van der Waals surface area contributed by atoms with Crippen molar-refractivity contribution in [2.45, 2.75) is 18.4 Å². The molecule has 5 nitrogen and oxygen atoms in total. The van der Waals surface area contributed by atoms with Crippen LogP contribution < -0.4 is 14.4 Å². The number of para-hydroxylation sites is 1. The van der Waals surface area contributed by atoms with Crippen LogP contribution in [-0.4, -0.2) is 15.0 Å². The molecule has 0 bridgehead atoms. The van der Waals surface area contributed by atoms with E-state index in [1.54, 1.807) is 48.5 Å². The number of hydrogen-bond acceptors (Lipinski definition) is 4. The molecule has 4 aromatic rings. The summed E-state index contributed by atoms with van der Waals surface area (Å²) in [5, 5.41) is 3.19. The van der Waals surface area contributed by atoms with Gasteiger partial charge in [-0.1, -0.05) is 48.5 Å². The van der Waals surface area contributed by atoms with Gasteiger partial charge in [0.25, 0.3) is 10.0 Å². The van der Waals surface area contributed by atoms with Gasteiger partial charge in [-0.3, -0.25) is 4.31 Å². The maximum absolute atomic E-state index is 13.7. The summed E-state index contributed by atoms with van der Waals surface area (Å²) in [4.78, 5) is 0.240. The summed E-state index contributed by atoms with van der Waals surface area (Å²) < 4.78 is 34.6. The van der Waals surface area contributed by atoms with Crippen LogP contribution in [0, 0.1) is 0 Å². The van der Waals surface area contributed by atoms with Crippen molar-refractivity contribution in [3.05, 3.63) is 115 Å². The largest absolute Gasteiger partial charge is 0.457 e. The second-order valence-corrected chi connectivity index (χ2v) is 9.32. The van der Waals surface area contributed by atoms with Crippen molar-refractivity contribution in [2.75, 3.05) is 16.2 Å². The van der Waals surface area contributed by atoms with E-state index in [2.05, 4.69) is 5.32 Å². The highest BCUT2D eigenvalue weighted by Gasteiger charge is 2.25. The molecule has 0 unspecified atom stereocenters. The molecule has 168 valence electrons. The van der Waals surface area contributed by atoms with Gasteiger partial charge in [0.2, 0.25) is 0 Å². The Bertz CT molecular complexity index is 1260. The Morgan fingerprint density at radius 1 is 0.727 bits per heavy atom. The fourth-order valence-electron chi connectivity index (χ4n) is 3.45.